The van der Waals surface area contributed by atoms with Crippen LogP contribution >= 0.6 is 0 Å². The van der Waals surface area contributed by atoms with Crippen LogP contribution in [-0.4, -0.2) is 18.4 Å². The van der Waals surface area contributed by atoms with Crippen LogP contribution < -0.4 is 4.90 Å². The Balaban J connectivity index is 1.72. The van der Waals surface area contributed by atoms with Gasteiger partial charge in [-0.3, -0.25) is 4.79 Å². The number of Topliss-reactive ketones (excluding diaryl/α,β-unsaturated/α-hetero) is 1. The lowest BCUT2D eigenvalue weighted by atomic mass is 9.85. The van der Waals surface area contributed by atoms with Crippen molar-refractivity contribution in [2.45, 2.75) is 77.4 Å². The fraction of sp³-hybridized carbons (Fsp3) is 0.424. The number of ketones is 1. The number of rotatable bonds is 9. The normalized spacial score (nSPS) is 17.0. The molecule has 0 aliphatic carbocycles. The Morgan fingerprint density at radius 1 is 0.947 bits per heavy atom. The third kappa shape index (κ3) is 7.06. The van der Waals surface area contributed by atoms with Gasteiger partial charge in [0.15, 0.2) is 0 Å². The minimum Gasteiger partial charge on any atom is -0.369 e. The summed E-state index contributed by atoms with van der Waals surface area (Å²) in [4.78, 5) is 15.2. The van der Waals surface area contributed by atoms with Crippen molar-refractivity contribution in [2.75, 3.05) is 11.4 Å². The molecule has 1 aliphatic heterocycles. The van der Waals surface area contributed by atoms with Crippen molar-refractivity contribution in [2.24, 2.45) is 5.92 Å². The van der Waals surface area contributed by atoms with E-state index in [4.69, 9.17) is 0 Å². The predicted molar refractivity (Wildman–Crippen MR) is 150 cm³/mol. The number of hydrogen-bond acceptors (Lipinski definition) is 2. The van der Waals surface area contributed by atoms with Crippen LogP contribution in [0.5, 0.6) is 0 Å². The molecule has 1 unspecified atom stereocenters. The van der Waals surface area contributed by atoms with Crippen LogP contribution in [0, 0.1) is 5.92 Å². The minimum absolute atomic E-state index is 0.119. The molecule has 1 aliphatic rings. The van der Waals surface area contributed by atoms with E-state index in [1.165, 1.54) is 12.0 Å². The SMILES string of the molecule is CC(=O)[C@H](CC(C)C)c1cc(-c2ccc(C(F)(F)F)cc2)cc(N2CCCCC2CCc2ccccc2)c1. The molecule has 38 heavy (non-hydrogen) atoms. The van der Waals surface area contributed by atoms with E-state index < -0.39 is 11.7 Å². The molecule has 0 spiro atoms. The first-order valence-electron chi connectivity index (χ1n) is 13.8. The molecular formula is C33H38F3NO. The van der Waals surface area contributed by atoms with Crippen LogP contribution in [0.1, 0.15) is 75.5 Å². The maximum Gasteiger partial charge on any atom is 0.416 e. The molecule has 0 aromatic heterocycles. The first kappa shape index (κ1) is 27.9. The first-order valence-corrected chi connectivity index (χ1v) is 13.8. The zero-order chi connectivity index (χ0) is 27.3. The molecule has 0 radical (unpaired) electrons. The third-order valence-corrected chi connectivity index (χ3v) is 7.65. The summed E-state index contributed by atoms with van der Waals surface area (Å²) in [6.07, 6.45) is 1.79. The van der Waals surface area contributed by atoms with Crippen molar-refractivity contribution in [3.63, 3.8) is 0 Å². The Kier molecular flexibility index (Phi) is 8.96. The van der Waals surface area contributed by atoms with E-state index in [1.54, 1.807) is 19.1 Å². The van der Waals surface area contributed by atoms with Crippen LogP contribution in [-0.2, 0) is 17.4 Å². The number of anilines is 1. The van der Waals surface area contributed by atoms with Crippen LogP contribution in [0.15, 0.2) is 72.8 Å². The second-order valence-corrected chi connectivity index (χ2v) is 11.0. The Hall–Kier alpha value is -3.08. The maximum atomic E-state index is 13.2. The highest BCUT2D eigenvalue weighted by Gasteiger charge is 2.30. The molecule has 3 aromatic carbocycles. The molecule has 2 atom stereocenters. The standard InChI is InChI=1S/C33H38F3NO/c1-23(2)19-32(24(3)38)28-20-27(26-13-15-29(16-14-26)33(34,35)36)21-31(22-28)37-18-8-7-11-30(37)17-12-25-9-5-4-6-10-25/h4-6,9-10,13-16,20-23,30,32H,7-8,11-12,17-19H2,1-3H3/t30?,32-/m0/s1. The first-order chi connectivity index (χ1) is 18.1. The van der Waals surface area contributed by atoms with Crippen molar-refractivity contribution < 1.29 is 18.0 Å². The Labute approximate surface area is 224 Å². The van der Waals surface area contributed by atoms with Crippen molar-refractivity contribution >= 4 is 11.5 Å². The maximum absolute atomic E-state index is 13.2. The summed E-state index contributed by atoms with van der Waals surface area (Å²) in [5.41, 5.74) is 4.26. The summed E-state index contributed by atoms with van der Waals surface area (Å²) >= 11 is 0. The van der Waals surface area contributed by atoms with Gasteiger partial charge in [-0.1, -0.05) is 62.4 Å². The van der Waals surface area contributed by atoms with Gasteiger partial charge >= 0.3 is 6.18 Å². The second-order valence-electron chi connectivity index (χ2n) is 11.0. The van der Waals surface area contributed by atoms with Crippen molar-refractivity contribution in [1.82, 2.24) is 0 Å². The van der Waals surface area contributed by atoms with Crippen LogP contribution in [0.25, 0.3) is 11.1 Å². The van der Waals surface area contributed by atoms with Gasteiger partial charge in [0.2, 0.25) is 0 Å². The zero-order valence-corrected chi connectivity index (χ0v) is 22.6. The lowest BCUT2D eigenvalue weighted by molar-refractivity contribution is -0.137. The summed E-state index contributed by atoms with van der Waals surface area (Å²) in [7, 11) is 0. The highest BCUT2D eigenvalue weighted by atomic mass is 19.4. The van der Waals surface area contributed by atoms with E-state index in [0.29, 0.717) is 12.0 Å². The van der Waals surface area contributed by atoms with Gasteiger partial charge in [-0.25, -0.2) is 0 Å². The van der Waals surface area contributed by atoms with Crippen LogP contribution in [0.2, 0.25) is 0 Å². The van der Waals surface area contributed by atoms with E-state index in [1.807, 2.05) is 12.1 Å². The van der Waals surface area contributed by atoms with Gasteiger partial charge in [0, 0.05) is 24.2 Å². The molecule has 202 valence electrons. The Bertz CT molecular complexity index is 1200. The summed E-state index contributed by atoms with van der Waals surface area (Å²) in [5.74, 6) is 0.222. The van der Waals surface area contributed by atoms with E-state index in [9.17, 15) is 18.0 Å². The molecule has 1 fully saturated rings. The number of halogens is 3. The number of carbonyl (C=O) groups excluding carboxylic acids is 1. The monoisotopic (exact) mass is 521 g/mol. The summed E-state index contributed by atoms with van der Waals surface area (Å²) < 4.78 is 39.6. The number of piperidine rings is 1. The molecule has 0 saturated carbocycles. The largest absolute Gasteiger partial charge is 0.416 e. The fourth-order valence-corrected chi connectivity index (χ4v) is 5.65. The van der Waals surface area contributed by atoms with Gasteiger partial charge in [-0.05, 0) is 97.9 Å². The molecule has 3 aromatic rings. The van der Waals surface area contributed by atoms with Gasteiger partial charge in [0.25, 0.3) is 0 Å². The molecule has 5 heteroatoms. The molecular weight excluding hydrogens is 483 g/mol. The number of nitrogens with zero attached hydrogens (tertiary/aromatic N) is 1. The summed E-state index contributed by atoms with van der Waals surface area (Å²) in [6, 6.07) is 22.5. The predicted octanol–water partition coefficient (Wildman–Crippen LogP) is 9.08. The van der Waals surface area contributed by atoms with E-state index in [2.05, 4.69) is 55.1 Å². The van der Waals surface area contributed by atoms with Gasteiger partial charge in [0.05, 0.1) is 5.56 Å². The highest BCUT2D eigenvalue weighted by molar-refractivity contribution is 5.85. The minimum atomic E-state index is -4.37. The molecule has 1 heterocycles. The zero-order valence-electron chi connectivity index (χ0n) is 22.6. The molecule has 1 saturated heterocycles. The van der Waals surface area contributed by atoms with Gasteiger partial charge in [-0.2, -0.15) is 13.2 Å². The van der Waals surface area contributed by atoms with Crippen LogP contribution in [0.4, 0.5) is 18.9 Å². The Morgan fingerprint density at radius 3 is 2.29 bits per heavy atom. The van der Waals surface area contributed by atoms with Gasteiger partial charge < -0.3 is 4.90 Å². The molecule has 0 bridgehead atoms. The number of aryl methyl sites for hydroxylation is 1. The lowest BCUT2D eigenvalue weighted by Gasteiger charge is -2.38. The van der Waals surface area contributed by atoms with Crippen LogP contribution in [0.3, 0.4) is 0 Å². The van der Waals surface area contributed by atoms with Crippen molar-refractivity contribution in [3.05, 3.63) is 89.5 Å². The third-order valence-electron chi connectivity index (χ3n) is 7.65. The second kappa shape index (κ2) is 12.2. The lowest BCUT2D eigenvalue weighted by Crippen LogP contribution is -2.40. The highest BCUT2D eigenvalue weighted by Crippen LogP contribution is 2.37. The van der Waals surface area contributed by atoms with Gasteiger partial charge in [-0.15, -0.1) is 0 Å². The van der Waals surface area contributed by atoms with Gasteiger partial charge in [0.1, 0.15) is 5.78 Å². The topological polar surface area (TPSA) is 20.3 Å². The smallest absolute Gasteiger partial charge is 0.369 e. The van der Waals surface area contributed by atoms with E-state index in [0.717, 1.165) is 73.2 Å². The molecule has 0 N–H and O–H groups in total. The van der Waals surface area contributed by atoms with Crippen molar-refractivity contribution in [1.29, 1.82) is 0 Å². The Morgan fingerprint density at radius 2 is 1.66 bits per heavy atom. The molecule has 4 rings (SSSR count). The molecule has 0 amide bonds. The number of alkyl halides is 3. The van der Waals surface area contributed by atoms with E-state index in [-0.39, 0.29) is 11.7 Å². The number of carbonyl (C=O) groups is 1. The van der Waals surface area contributed by atoms with E-state index >= 15 is 0 Å². The van der Waals surface area contributed by atoms with Crippen molar-refractivity contribution in [3.8, 4) is 11.1 Å². The summed E-state index contributed by atoms with van der Waals surface area (Å²) in [6.45, 7) is 6.80. The summed E-state index contributed by atoms with van der Waals surface area (Å²) in [5, 5.41) is 0. The quantitative estimate of drug-likeness (QED) is 0.280. The number of hydrogen-bond donors (Lipinski definition) is 0. The fourth-order valence-electron chi connectivity index (χ4n) is 5.65. The average Bonchev–Trinajstić information content (AvgIpc) is 2.90. The average molecular weight is 522 g/mol. The molecule has 2 nitrogen and oxygen atoms in total. The number of benzene rings is 3.